The molecule has 1 saturated heterocycles. The van der Waals surface area contributed by atoms with Crippen LogP contribution in [-0.4, -0.2) is 34.8 Å². The Morgan fingerprint density at radius 3 is 3.05 bits per heavy atom. The van der Waals surface area contributed by atoms with E-state index >= 15 is 0 Å². The minimum absolute atomic E-state index is 0.281. The highest BCUT2D eigenvalue weighted by molar-refractivity contribution is 7.18. The zero-order valence-corrected chi connectivity index (χ0v) is 14.4. The number of aryl methyl sites for hydroxylation is 1. The third-order valence-electron chi connectivity index (χ3n) is 4.57. The summed E-state index contributed by atoms with van der Waals surface area (Å²) in [7, 11) is 0. The van der Waals surface area contributed by atoms with Gasteiger partial charge in [0.05, 0.1) is 15.2 Å². The first-order valence-electron chi connectivity index (χ1n) is 8.17. The van der Waals surface area contributed by atoms with Crippen LogP contribution in [-0.2, 0) is 0 Å². The van der Waals surface area contributed by atoms with Crippen LogP contribution in [0.25, 0.3) is 10.2 Å². The highest BCUT2D eigenvalue weighted by Gasteiger charge is 2.24. The molecule has 1 atom stereocenters. The summed E-state index contributed by atoms with van der Waals surface area (Å²) in [4.78, 5) is 19.6. The normalized spacial score (nSPS) is 19.9. The molecule has 1 aromatic heterocycles. The summed E-state index contributed by atoms with van der Waals surface area (Å²) in [6.45, 7) is 8.73. The summed E-state index contributed by atoms with van der Waals surface area (Å²) in [5, 5.41) is 1.06. The molecule has 0 N–H and O–H groups in total. The number of benzene rings is 1. The molecule has 0 aliphatic carbocycles. The van der Waals surface area contributed by atoms with Crippen molar-refractivity contribution in [3.8, 4) is 0 Å². The molecule has 2 heterocycles. The number of fused-ring (bicyclic) bond motifs is 1. The number of carbonyl (C=O) groups is 1. The summed E-state index contributed by atoms with van der Waals surface area (Å²) >= 11 is 1.66. The second kappa shape index (κ2) is 6.47. The number of thiazole rings is 1. The molecule has 0 bridgehead atoms. The minimum Gasteiger partial charge on any atom is -0.301 e. The largest absolute Gasteiger partial charge is 0.301 e. The van der Waals surface area contributed by atoms with Gasteiger partial charge in [-0.3, -0.25) is 4.79 Å². The van der Waals surface area contributed by atoms with Crippen LogP contribution in [0.3, 0.4) is 0 Å². The molecule has 0 saturated carbocycles. The first-order chi connectivity index (χ1) is 10.5. The lowest BCUT2D eigenvalue weighted by molar-refractivity contribution is 0.0890. The van der Waals surface area contributed by atoms with Crippen molar-refractivity contribution in [2.24, 2.45) is 5.92 Å². The van der Waals surface area contributed by atoms with Crippen molar-refractivity contribution in [2.75, 3.05) is 13.1 Å². The van der Waals surface area contributed by atoms with Gasteiger partial charge in [0, 0.05) is 24.6 Å². The van der Waals surface area contributed by atoms with Gasteiger partial charge >= 0.3 is 0 Å². The van der Waals surface area contributed by atoms with Crippen molar-refractivity contribution in [3.05, 3.63) is 28.8 Å². The van der Waals surface area contributed by atoms with Crippen LogP contribution in [0.5, 0.6) is 0 Å². The number of piperidine rings is 1. The summed E-state index contributed by atoms with van der Waals surface area (Å²) in [5.41, 5.74) is 1.85. The molecule has 0 unspecified atom stereocenters. The zero-order chi connectivity index (χ0) is 15.7. The average Bonchev–Trinajstić information content (AvgIpc) is 2.86. The summed E-state index contributed by atoms with van der Waals surface area (Å²) in [6, 6.07) is 6.51. The van der Waals surface area contributed by atoms with Gasteiger partial charge in [-0.2, -0.15) is 0 Å². The minimum atomic E-state index is 0.281. The first-order valence-corrected chi connectivity index (χ1v) is 8.99. The maximum atomic E-state index is 12.6. The van der Waals surface area contributed by atoms with E-state index in [4.69, 9.17) is 0 Å². The second-order valence-electron chi connectivity index (χ2n) is 6.64. The molecule has 3 nitrogen and oxygen atoms in total. The average molecular weight is 316 g/mol. The van der Waals surface area contributed by atoms with E-state index in [1.54, 1.807) is 11.3 Å². The van der Waals surface area contributed by atoms with Crippen LogP contribution in [0.2, 0.25) is 0 Å². The van der Waals surface area contributed by atoms with Gasteiger partial charge in [-0.05, 0) is 64.3 Å². The van der Waals surface area contributed by atoms with E-state index in [2.05, 4.69) is 23.7 Å². The van der Waals surface area contributed by atoms with Crippen molar-refractivity contribution in [3.63, 3.8) is 0 Å². The second-order valence-corrected chi connectivity index (χ2v) is 7.87. The Kier molecular flexibility index (Phi) is 4.59. The number of nitrogens with zero attached hydrogens (tertiary/aromatic N) is 2. The fraction of sp³-hybridized carbons (Fsp3) is 0.556. The van der Waals surface area contributed by atoms with E-state index in [9.17, 15) is 4.79 Å². The smallest absolute Gasteiger partial charge is 0.163 e. The van der Waals surface area contributed by atoms with Gasteiger partial charge in [0.2, 0.25) is 0 Å². The van der Waals surface area contributed by atoms with Gasteiger partial charge in [0.1, 0.15) is 0 Å². The lowest BCUT2D eigenvalue weighted by atomic mass is 9.90. The van der Waals surface area contributed by atoms with Crippen LogP contribution in [0.15, 0.2) is 18.2 Å². The number of ketones is 1. The van der Waals surface area contributed by atoms with Crippen molar-refractivity contribution >= 4 is 27.3 Å². The SMILES string of the molecule is Cc1nc2ccc(C(=O)C[C@@H]3CCCN(C(C)C)C3)cc2s1. The Hall–Kier alpha value is -1.26. The van der Waals surface area contributed by atoms with Crippen LogP contribution in [0, 0.1) is 12.8 Å². The molecule has 1 fully saturated rings. The summed E-state index contributed by atoms with van der Waals surface area (Å²) < 4.78 is 1.12. The lowest BCUT2D eigenvalue weighted by Crippen LogP contribution is -2.40. The quantitative estimate of drug-likeness (QED) is 0.789. The van der Waals surface area contributed by atoms with Gasteiger partial charge in [-0.25, -0.2) is 4.98 Å². The van der Waals surface area contributed by atoms with Gasteiger partial charge in [0.15, 0.2) is 5.78 Å². The van der Waals surface area contributed by atoms with E-state index in [0.717, 1.165) is 27.3 Å². The molecule has 3 rings (SSSR count). The van der Waals surface area contributed by atoms with Crippen LogP contribution in [0.1, 0.15) is 48.5 Å². The van der Waals surface area contributed by atoms with Gasteiger partial charge in [0.25, 0.3) is 0 Å². The zero-order valence-electron chi connectivity index (χ0n) is 13.6. The molecule has 0 amide bonds. The first kappa shape index (κ1) is 15.6. The summed E-state index contributed by atoms with van der Waals surface area (Å²) in [6.07, 6.45) is 3.06. The number of likely N-dealkylation sites (tertiary alicyclic amines) is 1. The highest BCUT2D eigenvalue weighted by Crippen LogP contribution is 2.26. The van der Waals surface area contributed by atoms with E-state index in [1.807, 2.05) is 25.1 Å². The third-order valence-corrected chi connectivity index (χ3v) is 5.51. The molecule has 118 valence electrons. The van der Waals surface area contributed by atoms with E-state index in [-0.39, 0.29) is 5.78 Å². The Morgan fingerprint density at radius 1 is 1.45 bits per heavy atom. The summed E-state index contributed by atoms with van der Waals surface area (Å²) in [5.74, 6) is 0.783. The molecule has 4 heteroatoms. The lowest BCUT2D eigenvalue weighted by Gasteiger charge is -2.35. The number of hydrogen-bond acceptors (Lipinski definition) is 4. The Bertz CT molecular complexity index is 677. The van der Waals surface area contributed by atoms with Crippen molar-refractivity contribution in [1.29, 1.82) is 0 Å². The number of carbonyl (C=O) groups excluding carboxylic acids is 1. The van der Waals surface area contributed by atoms with E-state index < -0.39 is 0 Å². The molecule has 1 aromatic carbocycles. The fourth-order valence-corrected chi connectivity index (χ4v) is 4.19. The van der Waals surface area contributed by atoms with Gasteiger partial charge in [-0.1, -0.05) is 0 Å². The maximum Gasteiger partial charge on any atom is 0.163 e. The number of hydrogen-bond donors (Lipinski definition) is 0. The molecule has 0 spiro atoms. The predicted octanol–water partition coefficient (Wildman–Crippen LogP) is 4.30. The number of aromatic nitrogens is 1. The van der Waals surface area contributed by atoms with Gasteiger partial charge < -0.3 is 4.90 Å². The van der Waals surface area contributed by atoms with Crippen LogP contribution >= 0.6 is 11.3 Å². The topological polar surface area (TPSA) is 33.2 Å². The Balaban J connectivity index is 1.70. The van der Waals surface area contributed by atoms with E-state index in [1.165, 1.54) is 19.4 Å². The molecule has 2 aromatic rings. The van der Waals surface area contributed by atoms with Crippen molar-refractivity contribution in [2.45, 2.75) is 46.1 Å². The molecule has 22 heavy (non-hydrogen) atoms. The Labute approximate surface area is 136 Å². The van der Waals surface area contributed by atoms with Gasteiger partial charge in [-0.15, -0.1) is 11.3 Å². The maximum absolute atomic E-state index is 12.6. The van der Waals surface area contributed by atoms with Crippen molar-refractivity contribution < 1.29 is 4.79 Å². The van der Waals surface area contributed by atoms with Crippen molar-refractivity contribution in [1.82, 2.24) is 9.88 Å². The third kappa shape index (κ3) is 3.39. The molecule has 1 aliphatic rings. The van der Waals surface area contributed by atoms with Crippen LogP contribution < -0.4 is 0 Å². The Morgan fingerprint density at radius 2 is 2.27 bits per heavy atom. The monoisotopic (exact) mass is 316 g/mol. The number of Topliss-reactive ketones (excluding diaryl/α,β-unsaturated/α-hetero) is 1. The molecule has 0 radical (unpaired) electrons. The number of rotatable bonds is 4. The molecular weight excluding hydrogens is 292 g/mol. The standard InChI is InChI=1S/C18H24N2OS/c1-12(2)20-8-4-5-14(11-20)9-17(21)15-6-7-16-18(10-15)22-13(3)19-16/h6-7,10,12,14H,4-5,8-9,11H2,1-3H3/t14-/m0/s1. The highest BCUT2D eigenvalue weighted by atomic mass is 32.1. The van der Waals surface area contributed by atoms with E-state index in [0.29, 0.717) is 18.4 Å². The molecule has 1 aliphatic heterocycles. The van der Waals surface area contributed by atoms with Crippen LogP contribution in [0.4, 0.5) is 0 Å². The fourth-order valence-electron chi connectivity index (χ4n) is 3.33. The predicted molar refractivity (Wildman–Crippen MR) is 92.7 cm³/mol. The molecular formula is C18H24N2OS.